The first-order valence-corrected chi connectivity index (χ1v) is 8.94. The van der Waals surface area contributed by atoms with Crippen LogP contribution < -0.4 is 5.32 Å². The number of H-pyrrole nitrogens is 1. The van der Waals surface area contributed by atoms with Crippen molar-refractivity contribution in [3.8, 4) is 11.3 Å². The van der Waals surface area contributed by atoms with Gasteiger partial charge in [-0.3, -0.25) is 14.6 Å². The normalized spacial score (nSPS) is 19.2. The third kappa shape index (κ3) is 2.92. The highest BCUT2D eigenvalue weighted by molar-refractivity contribution is 5.93. The molecule has 0 saturated heterocycles. The van der Waals surface area contributed by atoms with E-state index in [0.717, 1.165) is 35.5 Å². The molecule has 26 heavy (non-hydrogen) atoms. The smallest absolute Gasteiger partial charge is 0.269 e. The second kappa shape index (κ2) is 6.44. The Labute approximate surface area is 152 Å². The molecule has 1 aliphatic rings. The molecule has 0 aliphatic heterocycles. The lowest BCUT2D eigenvalue weighted by Gasteiger charge is -2.36. The third-order valence-electron chi connectivity index (χ3n) is 5.33. The first-order chi connectivity index (χ1) is 12.5. The van der Waals surface area contributed by atoms with E-state index < -0.39 is 0 Å². The summed E-state index contributed by atoms with van der Waals surface area (Å²) in [6.45, 7) is 3.96. The van der Waals surface area contributed by atoms with Gasteiger partial charge in [-0.25, -0.2) is 0 Å². The topological polar surface area (TPSA) is 75.6 Å². The summed E-state index contributed by atoms with van der Waals surface area (Å²) < 4.78 is 1.83. The number of carbonyl (C=O) groups excluding carboxylic acids is 1. The summed E-state index contributed by atoms with van der Waals surface area (Å²) in [6, 6.07) is 12.5. The van der Waals surface area contributed by atoms with Crippen molar-refractivity contribution in [1.29, 1.82) is 0 Å². The van der Waals surface area contributed by atoms with Gasteiger partial charge < -0.3 is 5.32 Å². The van der Waals surface area contributed by atoms with Crippen LogP contribution >= 0.6 is 0 Å². The summed E-state index contributed by atoms with van der Waals surface area (Å²) in [5, 5.41) is 14.7. The maximum Gasteiger partial charge on any atom is 0.269 e. The van der Waals surface area contributed by atoms with Crippen LogP contribution in [0.25, 0.3) is 11.3 Å². The van der Waals surface area contributed by atoms with E-state index in [1.807, 2.05) is 31.6 Å². The number of nitrogens with zero attached hydrogens (tertiary/aromatic N) is 3. The van der Waals surface area contributed by atoms with Crippen molar-refractivity contribution >= 4 is 5.91 Å². The molecule has 1 saturated carbocycles. The Morgan fingerprint density at radius 3 is 2.62 bits per heavy atom. The molecule has 1 fully saturated rings. The minimum atomic E-state index is -0.0977. The Balaban J connectivity index is 1.40. The van der Waals surface area contributed by atoms with Crippen LogP contribution in [0, 0.1) is 13.8 Å². The average Bonchev–Trinajstić information content (AvgIpc) is 3.16. The third-order valence-corrected chi connectivity index (χ3v) is 5.33. The average molecular weight is 349 g/mol. The van der Waals surface area contributed by atoms with Crippen molar-refractivity contribution in [2.45, 2.75) is 38.6 Å². The summed E-state index contributed by atoms with van der Waals surface area (Å²) in [7, 11) is 1.91. The van der Waals surface area contributed by atoms with Crippen LogP contribution in [0.5, 0.6) is 0 Å². The van der Waals surface area contributed by atoms with Gasteiger partial charge in [0.05, 0.1) is 11.4 Å². The summed E-state index contributed by atoms with van der Waals surface area (Å²) in [5.41, 5.74) is 5.53. The highest BCUT2D eigenvalue weighted by Crippen LogP contribution is 2.36. The highest BCUT2D eigenvalue weighted by atomic mass is 16.2. The zero-order valence-electron chi connectivity index (χ0n) is 15.3. The SMILES string of the molecule is Cc1nn(C)c(C)c1-c1cc(C(=O)NC2CC(c3ccccc3)C2)[nH]n1. The van der Waals surface area contributed by atoms with E-state index in [0.29, 0.717) is 11.6 Å². The quantitative estimate of drug-likeness (QED) is 0.760. The molecule has 2 N–H and O–H groups in total. The van der Waals surface area contributed by atoms with Crippen molar-refractivity contribution in [2.75, 3.05) is 0 Å². The van der Waals surface area contributed by atoms with Crippen molar-refractivity contribution in [1.82, 2.24) is 25.3 Å². The fourth-order valence-electron chi connectivity index (χ4n) is 3.71. The van der Waals surface area contributed by atoms with Gasteiger partial charge in [0.1, 0.15) is 5.69 Å². The van der Waals surface area contributed by atoms with Crippen molar-refractivity contribution in [3.05, 3.63) is 59.0 Å². The molecule has 0 unspecified atom stereocenters. The fraction of sp³-hybridized carbons (Fsp3) is 0.350. The van der Waals surface area contributed by atoms with Gasteiger partial charge in [-0.2, -0.15) is 10.2 Å². The maximum atomic E-state index is 12.5. The molecule has 1 amide bonds. The Bertz CT molecular complexity index is 935. The van der Waals surface area contributed by atoms with Crippen LogP contribution in [0.3, 0.4) is 0 Å². The first kappa shape index (κ1) is 16.6. The van der Waals surface area contributed by atoms with Gasteiger partial charge in [0.2, 0.25) is 0 Å². The lowest BCUT2D eigenvalue weighted by molar-refractivity contribution is 0.0904. The Hall–Kier alpha value is -2.89. The molecule has 0 spiro atoms. The van der Waals surface area contributed by atoms with Crippen LogP contribution in [0.1, 0.15) is 46.2 Å². The number of nitrogens with one attached hydrogen (secondary N) is 2. The van der Waals surface area contributed by atoms with E-state index in [-0.39, 0.29) is 11.9 Å². The summed E-state index contributed by atoms with van der Waals surface area (Å²) in [6.07, 6.45) is 1.97. The molecule has 134 valence electrons. The molecule has 6 heteroatoms. The number of aryl methyl sites for hydroxylation is 2. The van der Waals surface area contributed by atoms with Gasteiger partial charge in [-0.1, -0.05) is 30.3 Å². The molecule has 0 bridgehead atoms. The number of hydrogen-bond donors (Lipinski definition) is 2. The fourth-order valence-corrected chi connectivity index (χ4v) is 3.71. The molecular weight excluding hydrogens is 326 g/mol. The zero-order chi connectivity index (χ0) is 18.3. The standard InChI is InChI=1S/C20H23N5O/c1-12-19(13(2)25(3)24-12)17-11-18(23-22-17)20(26)21-16-9-15(10-16)14-7-5-4-6-8-14/h4-8,11,15-16H,9-10H2,1-3H3,(H,21,26)(H,22,23). The number of hydrogen-bond acceptors (Lipinski definition) is 3. The summed E-state index contributed by atoms with van der Waals surface area (Å²) >= 11 is 0. The summed E-state index contributed by atoms with van der Waals surface area (Å²) in [4.78, 5) is 12.5. The van der Waals surface area contributed by atoms with Crippen LogP contribution in [0.4, 0.5) is 0 Å². The molecule has 2 aromatic heterocycles. The monoisotopic (exact) mass is 349 g/mol. The molecule has 3 aromatic rings. The zero-order valence-corrected chi connectivity index (χ0v) is 15.3. The summed E-state index contributed by atoms with van der Waals surface area (Å²) in [5.74, 6) is 0.443. The van der Waals surface area contributed by atoms with E-state index in [1.165, 1.54) is 5.56 Å². The van der Waals surface area contributed by atoms with Crippen LogP contribution in [-0.4, -0.2) is 31.9 Å². The number of benzene rings is 1. The van der Waals surface area contributed by atoms with Gasteiger partial charge in [-0.05, 0) is 44.2 Å². The Kier molecular flexibility index (Phi) is 4.11. The number of aromatic amines is 1. The molecule has 0 atom stereocenters. The lowest BCUT2D eigenvalue weighted by Crippen LogP contribution is -2.43. The molecule has 1 aliphatic carbocycles. The molecule has 1 aromatic carbocycles. The van der Waals surface area contributed by atoms with E-state index >= 15 is 0 Å². The van der Waals surface area contributed by atoms with Crippen molar-refractivity contribution < 1.29 is 4.79 Å². The molecule has 4 rings (SSSR count). The number of carbonyl (C=O) groups is 1. The van der Waals surface area contributed by atoms with Crippen molar-refractivity contribution in [3.63, 3.8) is 0 Å². The van der Waals surface area contributed by atoms with Crippen LogP contribution in [-0.2, 0) is 7.05 Å². The van der Waals surface area contributed by atoms with Gasteiger partial charge >= 0.3 is 0 Å². The van der Waals surface area contributed by atoms with Gasteiger partial charge in [0.15, 0.2) is 0 Å². The second-order valence-corrected chi connectivity index (χ2v) is 7.09. The van der Waals surface area contributed by atoms with Gasteiger partial charge in [0.25, 0.3) is 5.91 Å². The number of rotatable bonds is 4. The van der Waals surface area contributed by atoms with E-state index in [2.05, 4.69) is 44.9 Å². The molecule has 2 heterocycles. The largest absolute Gasteiger partial charge is 0.348 e. The molecular formula is C20H23N5O. The van der Waals surface area contributed by atoms with E-state index in [9.17, 15) is 4.79 Å². The Morgan fingerprint density at radius 2 is 1.96 bits per heavy atom. The van der Waals surface area contributed by atoms with Crippen LogP contribution in [0.2, 0.25) is 0 Å². The minimum absolute atomic E-state index is 0.0977. The van der Waals surface area contributed by atoms with Crippen molar-refractivity contribution in [2.24, 2.45) is 7.05 Å². The number of aromatic nitrogens is 4. The molecule has 0 radical (unpaired) electrons. The maximum absolute atomic E-state index is 12.5. The van der Waals surface area contributed by atoms with Gasteiger partial charge in [-0.15, -0.1) is 0 Å². The van der Waals surface area contributed by atoms with Crippen LogP contribution in [0.15, 0.2) is 36.4 Å². The van der Waals surface area contributed by atoms with Gasteiger partial charge in [0, 0.05) is 24.3 Å². The molecule has 6 nitrogen and oxygen atoms in total. The Morgan fingerprint density at radius 1 is 1.23 bits per heavy atom. The first-order valence-electron chi connectivity index (χ1n) is 8.94. The van der Waals surface area contributed by atoms with E-state index in [1.54, 1.807) is 6.07 Å². The lowest BCUT2D eigenvalue weighted by atomic mass is 9.76. The highest BCUT2D eigenvalue weighted by Gasteiger charge is 2.31. The predicted octanol–water partition coefficient (Wildman–Crippen LogP) is 3.10. The minimum Gasteiger partial charge on any atom is -0.348 e. The number of amides is 1. The van der Waals surface area contributed by atoms with E-state index in [4.69, 9.17) is 0 Å². The predicted molar refractivity (Wildman–Crippen MR) is 99.9 cm³/mol. The second-order valence-electron chi connectivity index (χ2n) is 7.09.